The summed E-state index contributed by atoms with van der Waals surface area (Å²) in [5, 5.41) is 0. The first-order chi connectivity index (χ1) is 11.4. The zero-order valence-corrected chi connectivity index (χ0v) is 14.5. The minimum absolute atomic E-state index is 0.0554. The van der Waals surface area contributed by atoms with Gasteiger partial charge in [0, 0.05) is 6.54 Å². The Balaban J connectivity index is 2.03. The van der Waals surface area contributed by atoms with Crippen molar-refractivity contribution >= 4 is 16.0 Å². The molecule has 0 aromatic heterocycles. The van der Waals surface area contributed by atoms with Crippen LogP contribution in [0.3, 0.4) is 0 Å². The van der Waals surface area contributed by atoms with Crippen LogP contribution in [-0.2, 0) is 14.8 Å². The molecule has 0 fully saturated rings. The lowest BCUT2D eigenvalue weighted by Crippen LogP contribution is -2.27. The molecule has 1 unspecified atom stereocenters. The molecule has 2 rings (SSSR count). The van der Waals surface area contributed by atoms with Gasteiger partial charge < -0.3 is 4.74 Å². The van der Waals surface area contributed by atoms with Crippen molar-refractivity contribution in [2.24, 2.45) is 0 Å². The van der Waals surface area contributed by atoms with E-state index in [1.165, 1.54) is 24.3 Å². The maximum atomic E-state index is 12.3. The minimum atomic E-state index is -3.62. The number of nitrogens with one attached hydrogen (secondary N) is 1. The highest BCUT2D eigenvalue weighted by molar-refractivity contribution is 7.89. The third-order valence-corrected chi connectivity index (χ3v) is 5.06. The maximum Gasteiger partial charge on any atom is 0.338 e. The topological polar surface area (TPSA) is 72.5 Å². The fraction of sp³-hybridized carbons (Fsp3) is 0.278. The Kier molecular flexibility index (Phi) is 6.11. The van der Waals surface area contributed by atoms with Gasteiger partial charge in [-0.05, 0) is 42.7 Å². The molecule has 2 aromatic carbocycles. The van der Waals surface area contributed by atoms with Gasteiger partial charge in [0.05, 0.1) is 17.1 Å². The molecule has 5 nitrogen and oxygen atoms in total. The van der Waals surface area contributed by atoms with Gasteiger partial charge >= 0.3 is 5.97 Å². The first-order valence-corrected chi connectivity index (χ1v) is 9.24. The summed E-state index contributed by atoms with van der Waals surface area (Å²) in [4.78, 5) is 11.7. The van der Waals surface area contributed by atoms with E-state index in [-0.39, 0.29) is 17.4 Å². The van der Waals surface area contributed by atoms with Crippen LogP contribution in [-0.4, -0.2) is 27.5 Å². The molecule has 0 saturated heterocycles. The standard InChI is InChI=1S/C18H21NO4S/c1-3-23-18(20)16-9-11-17(12-10-16)24(21,22)19-13-14(2)15-7-5-4-6-8-15/h4-12,14,19H,3,13H2,1-2H3. The van der Waals surface area contributed by atoms with Gasteiger partial charge in [0.1, 0.15) is 0 Å². The Morgan fingerprint density at radius 2 is 1.71 bits per heavy atom. The van der Waals surface area contributed by atoms with E-state index in [9.17, 15) is 13.2 Å². The van der Waals surface area contributed by atoms with Crippen LogP contribution in [0.5, 0.6) is 0 Å². The van der Waals surface area contributed by atoms with E-state index in [0.717, 1.165) is 5.56 Å². The van der Waals surface area contributed by atoms with Crippen molar-refractivity contribution in [2.45, 2.75) is 24.7 Å². The van der Waals surface area contributed by atoms with Crippen molar-refractivity contribution in [1.82, 2.24) is 4.72 Å². The predicted molar refractivity (Wildman–Crippen MR) is 92.4 cm³/mol. The first kappa shape index (κ1) is 18.2. The second-order valence-electron chi connectivity index (χ2n) is 5.41. The highest BCUT2D eigenvalue weighted by Gasteiger charge is 2.17. The molecular formula is C18H21NO4S. The number of sulfonamides is 1. The Labute approximate surface area is 142 Å². The van der Waals surface area contributed by atoms with Gasteiger partial charge in [-0.1, -0.05) is 37.3 Å². The van der Waals surface area contributed by atoms with Gasteiger partial charge in [-0.2, -0.15) is 0 Å². The SMILES string of the molecule is CCOC(=O)c1ccc(S(=O)(=O)NCC(C)c2ccccc2)cc1. The molecule has 0 aliphatic heterocycles. The quantitative estimate of drug-likeness (QED) is 0.782. The van der Waals surface area contributed by atoms with E-state index < -0.39 is 16.0 Å². The number of esters is 1. The summed E-state index contributed by atoms with van der Waals surface area (Å²) >= 11 is 0. The molecule has 0 heterocycles. The zero-order valence-electron chi connectivity index (χ0n) is 13.7. The van der Waals surface area contributed by atoms with Crippen molar-refractivity contribution in [3.63, 3.8) is 0 Å². The van der Waals surface area contributed by atoms with Crippen LogP contribution >= 0.6 is 0 Å². The lowest BCUT2D eigenvalue weighted by molar-refractivity contribution is 0.0526. The second kappa shape index (κ2) is 8.08. The van der Waals surface area contributed by atoms with Gasteiger partial charge in [0.2, 0.25) is 10.0 Å². The monoisotopic (exact) mass is 347 g/mol. The fourth-order valence-electron chi connectivity index (χ4n) is 2.20. The van der Waals surface area contributed by atoms with E-state index in [0.29, 0.717) is 12.1 Å². The largest absolute Gasteiger partial charge is 0.462 e. The summed E-state index contributed by atoms with van der Waals surface area (Å²) in [5.41, 5.74) is 1.39. The van der Waals surface area contributed by atoms with Crippen LogP contribution in [0.25, 0.3) is 0 Å². The number of benzene rings is 2. The highest BCUT2D eigenvalue weighted by atomic mass is 32.2. The maximum absolute atomic E-state index is 12.3. The third-order valence-electron chi connectivity index (χ3n) is 3.62. The Hall–Kier alpha value is -2.18. The molecule has 6 heteroatoms. The normalized spacial score (nSPS) is 12.6. The van der Waals surface area contributed by atoms with Crippen LogP contribution in [0.1, 0.15) is 35.7 Å². The van der Waals surface area contributed by atoms with Gasteiger partial charge in [0.15, 0.2) is 0 Å². The number of hydrogen-bond donors (Lipinski definition) is 1. The summed E-state index contributed by atoms with van der Waals surface area (Å²) in [7, 11) is -3.62. The first-order valence-electron chi connectivity index (χ1n) is 7.76. The van der Waals surface area contributed by atoms with Crippen LogP contribution in [0.2, 0.25) is 0 Å². The molecule has 1 atom stereocenters. The zero-order chi connectivity index (χ0) is 17.6. The van der Waals surface area contributed by atoms with Gasteiger partial charge in [-0.15, -0.1) is 0 Å². The lowest BCUT2D eigenvalue weighted by atomic mass is 10.0. The molecule has 0 amide bonds. The highest BCUT2D eigenvalue weighted by Crippen LogP contribution is 2.16. The van der Waals surface area contributed by atoms with E-state index in [4.69, 9.17) is 4.74 Å². The molecule has 0 aliphatic rings. The van der Waals surface area contributed by atoms with Crippen molar-refractivity contribution in [2.75, 3.05) is 13.2 Å². The van der Waals surface area contributed by atoms with E-state index >= 15 is 0 Å². The number of carbonyl (C=O) groups is 1. The fourth-order valence-corrected chi connectivity index (χ4v) is 3.33. The van der Waals surface area contributed by atoms with E-state index in [1.54, 1.807) is 6.92 Å². The minimum Gasteiger partial charge on any atom is -0.462 e. The van der Waals surface area contributed by atoms with Gasteiger partial charge in [0.25, 0.3) is 0 Å². The average molecular weight is 347 g/mol. The Morgan fingerprint density at radius 1 is 1.08 bits per heavy atom. The molecule has 24 heavy (non-hydrogen) atoms. The molecular weight excluding hydrogens is 326 g/mol. The second-order valence-corrected chi connectivity index (χ2v) is 7.18. The molecule has 0 bridgehead atoms. The summed E-state index contributed by atoms with van der Waals surface area (Å²) < 4.78 is 32.2. The molecule has 0 radical (unpaired) electrons. The summed E-state index contributed by atoms with van der Waals surface area (Å²) in [5.74, 6) is -0.410. The molecule has 0 aliphatic carbocycles. The smallest absolute Gasteiger partial charge is 0.338 e. The molecule has 2 aromatic rings. The molecule has 128 valence electrons. The predicted octanol–water partition coefficient (Wildman–Crippen LogP) is 2.95. The van der Waals surface area contributed by atoms with E-state index in [2.05, 4.69) is 4.72 Å². The average Bonchev–Trinajstić information content (AvgIpc) is 2.61. The van der Waals surface area contributed by atoms with Gasteiger partial charge in [-0.25, -0.2) is 17.9 Å². The summed E-state index contributed by atoms with van der Waals surface area (Å²) in [6.45, 7) is 4.25. The molecule has 0 spiro atoms. The van der Waals surface area contributed by atoms with Crippen LogP contribution < -0.4 is 4.72 Å². The molecule has 0 saturated carbocycles. The van der Waals surface area contributed by atoms with E-state index in [1.807, 2.05) is 37.3 Å². The summed E-state index contributed by atoms with van der Waals surface area (Å²) in [6.07, 6.45) is 0. The van der Waals surface area contributed by atoms with Gasteiger partial charge in [-0.3, -0.25) is 0 Å². The van der Waals surface area contributed by atoms with Crippen molar-refractivity contribution < 1.29 is 17.9 Å². The Morgan fingerprint density at radius 3 is 2.29 bits per heavy atom. The Bertz CT molecular complexity index is 770. The molecule has 1 N–H and O–H groups in total. The number of rotatable bonds is 7. The number of carbonyl (C=O) groups excluding carboxylic acids is 1. The van der Waals surface area contributed by atoms with Crippen molar-refractivity contribution in [1.29, 1.82) is 0 Å². The van der Waals surface area contributed by atoms with Crippen LogP contribution in [0, 0.1) is 0 Å². The van der Waals surface area contributed by atoms with Crippen molar-refractivity contribution in [3.05, 3.63) is 65.7 Å². The number of hydrogen-bond acceptors (Lipinski definition) is 4. The lowest BCUT2D eigenvalue weighted by Gasteiger charge is -2.13. The van der Waals surface area contributed by atoms with Crippen LogP contribution in [0.15, 0.2) is 59.5 Å². The van der Waals surface area contributed by atoms with Crippen molar-refractivity contribution in [3.8, 4) is 0 Å². The third kappa shape index (κ3) is 4.66. The van der Waals surface area contributed by atoms with Crippen LogP contribution in [0.4, 0.5) is 0 Å². The summed E-state index contributed by atoms with van der Waals surface area (Å²) in [6, 6.07) is 15.4. The number of ether oxygens (including phenoxy) is 1.